The summed E-state index contributed by atoms with van der Waals surface area (Å²) in [6, 6.07) is 7.04. The van der Waals surface area contributed by atoms with Gasteiger partial charge in [-0.25, -0.2) is 9.37 Å². The Labute approximate surface area is 158 Å². The first kappa shape index (κ1) is 19.0. The number of imidazole rings is 1. The third kappa shape index (κ3) is 4.11. The molecule has 0 saturated heterocycles. The number of nitrogens with one attached hydrogen (secondary N) is 1. The third-order valence-corrected chi connectivity index (χ3v) is 4.10. The molecule has 9 nitrogen and oxygen atoms in total. The summed E-state index contributed by atoms with van der Waals surface area (Å²) in [5.41, 5.74) is -0.396. The molecule has 144 valence electrons. The smallest absolute Gasteiger partial charge is 0.285 e. The number of hydrogen-bond donors (Lipinski definition) is 1. The molecule has 1 atom stereocenters. The van der Waals surface area contributed by atoms with Gasteiger partial charge in [0.05, 0.1) is 11.1 Å². The number of nitrogens with zero attached hydrogens (tertiary/aromatic N) is 4. The fourth-order valence-electron chi connectivity index (χ4n) is 2.75. The molecule has 2 heterocycles. The lowest BCUT2D eigenvalue weighted by atomic mass is 10.1. The average molecular weight is 385 g/mol. The molecule has 28 heavy (non-hydrogen) atoms. The van der Waals surface area contributed by atoms with Gasteiger partial charge in [0.1, 0.15) is 24.2 Å². The number of halogens is 1. The predicted octanol–water partition coefficient (Wildman–Crippen LogP) is 1.53. The fourth-order valence-corrected chi connectivity index (χ4v) is 2.75. The molecule has 0 aliphatic heterocycles. The van der Waals surface area contributed by atoms with E-state index in [1.807, 2.05) is 0 Å². The highest BCUT2D eigenvalue weighted by Gasteiger charge is 2.22. The van der Waals surface area contributed by atoms with E-state index in [2.05, 4.69) is 10.3 Å². The van der Waals surface area contributed by atoms with E-state index in [0.717, 1.165) is 22.9 Å². The zero-order chi connectivity index (χ0) is 20.3. The van der Waals surface area contributed by atoms with Crippen molar-refractivity contribution >= 4 is 11.6 Å². The standard InChI is InChI=1S/C18H16FN5O4/c1-22-8-7-20-18(22)17(12-3-2-4-13(19)9-12)21-15(25)11-23-10-14(24(27)28)5-6-16(23)26/h2-10,17H,11H2,1H3,(H,21,25). The normalized spacial score (nSPS) is 11.8. The molecule has 0 spiro atoms. The summed E-state index contributed by atoms with van der Waals surface area (Å²) in [6.07, 6.45) is 4.22. The number of hydrogen-bond acceptors (Lipinski definition) is 5. The van der Waals surface area contributed by atoms with Gasteiger partial charge in [-0.1, -0.05) is 12.1 Å². The minimum absolute atomic E-state index is 0.307. The van der Waals surface area contributed by atoms with Crippen LogP contribution in [-0.2, 0) is 18.4 Å². The van der Waals surface area contributed by atoms with Gasteiger partial charge in [0.25, 0.3) is 11.2 Å². The van der Waals surface area contributed by atoms with Gasteiger partial charge in [0.15, 0.2) is 0 Å². The van der Waals surface area contributed by atoms with Crippen molar-refractivity contribution in [1.82, 2.24) is 19.4 Å². The number of rotatable bonds is 6. The molecule has 0 fully saturated rings. The monoisotopic (exact) mass is 385 g/mol. The van der Waals surface area contributed by atoms with Crippen molar-refractivity contribution in [2.75, 3.05) is 0 Å². The Bertz CT molecular complexity index is 1090. The van der Waals surface area contributed by atoms with Crippen LogP contribution in [0.25, 0.3) is 0 Å². The average Bonchev–Trinajstić information content (AvgIpc) is 3.07. The maximum atomic E-state index is 13.7. The van der Waals surface area contributed by atoms with Crippen LogP contribution in [-0.4, -0.2) is 24.9 Å². The molecular weight excluding hydrogens is 369 g/mol. The lowest BCUT2D eigenvalue weighted by Crippen LogP contribution is -2.36. The van der Waals surface area contributed by atoms with Gasteiger partial charge in [-0.3, -0.25) is 24.3 Å². The molecule has 0 bridgehead atoms. The Kier molecular flexibility index (Phi) is 5.30. The van der Waals surface area contributed by atoms with E-state index in [0.29, 0.717) is 11.4 Å². The molecule has 0 saturated carbocycles. The second kappa shape index (κ2) is 7.82. The minimum Gasteiger partial charge on any atom is -0.341 e. The van der Waals surface area contributed by atoms with Crippen molar-refractivity contribution in [1.29, 1.82) is 0 Å². The number of amides is 1. The van der Waals surface area contributed by atoms with Crippen LogP contribution >= 0.6 is 0 Å². The number of nitro groups is 1. The van der Waals surface area contributed by atoms with E-state index in [-0.39, 0.29) is 5.69 Å². The summed E-state index contributed by atoms with van der Waals surface area (Å²) in [5, 5.41) is 13.6. The maximum absolute atomic E-state index is 13.7. The highest BCUT2D eigenvalue weighted by atomic mass is 19.1. The second-order valence-corrected chi connectivity index (χ2v) is 6.06. The van der Waals surface area contributed by atoms with Gasteiger partial charge in [-0.2, -0.15) is 0 Å². The second-order valence-electron chi connectivity index (χ2n) is 6.06. The highest BCUT2D eigenvalue weighted by molar-refractivity contribution is 5.76. The molecule has 3 rings (SSSR count). The Morgan fingerprint density at radius 1 is 1.36 bits per heavy atom. The third-order valence-electron chi connectivity index (χ3n) is 4.10. The maximum Gasteiger partial charge on any atom is 0.285 e. The molecule has 0 radical (unpaired) electrons. The largest absolute Gasteiger partial charge is 0.341 e. The fraction of sp³-hybridized carbons (Fsp3) is 0.167. The van der Waals surface area contributed by atoms with Gasteiger partial charge in [0, 0.05) is 31.6 Å². The first-order valence-corrected chi connectivity index (χ1v) is 8.22. The number of benzene rings is 1. The summed E-state index contributed by atoms with van der Waals surface area (Å²) in [5.74, 6) is -0.592. The van der Waals surface area contributed by atoms with Crippen molar-refractivity contribution in [3.05, 3.63) is 92.7 Å². The number of carbonyl (C=O) groups is 1. The van der Waals surface area contributed by atoms with E-state index in [9.17, 15) is 24.1 Å². The van der Waals surface area contributed by atoms with E-state index in [4.69, 9.17) is 0 Å². The zero-order valence-corrected chi connectivity index (χ0v) is 14.8. The lowest BCUT2D eigenvalue weighted by Gasteiger charge is -2.19. The van der Waals surface area contributed by atoms with E-state index in [1.165, 1.54) is 18.2 Å². The number of carbonyl (C=O) groups excluding carboxylic acids is 1. The Hall–Kier alpha value is -3.82. The van der Waals surface area contributed by atoms with E-state index in [1.54, 1.807) is 30.1 Å². The molecule has 1 aromatic carbocycles. The Balaban J connectivity index is 1.88. The van der Waals surface area contributed by atoms with Crippen LogP contribution in [0.15, 0.2) is 59.8 Å². The molecule has 1 unspecified atom stereocenters. The zero-order valence-electron chi connectivity index (χ0n) is 14.8. The quantitative estimate of drug-likeness (QED) is 0.511. The number of pyridine rings is 1. The molecule has 1 N–H and O–H groups in total. The molecule has 3 aromatic rings. The van der Waals surface area contributed by atoms with Crippen LogP contribution in [0, 0.1) is 15.9 Å². The SMILES string of the molecule is Cn1ccnc1C(NC(=O)Cn1cc([N+](=O)[O-])ccc1=O)c1cccc(F)c1. The van der Waals surface area contributed by atoms with Crippen LogP contribution in [0.2, 0.25) is 0 Å². The predicted molar refractivity (Wildman–Crippen MR) is 97.0 cm³/mol. The van der Waals surface area contributed by atoms with Gasteiger partial charge < -0.3 is 9.88 Å². The van der Waals surface area contributed by atoms with Crippen molar-refractivity contribution in [3.63, 3.8) is 0 Å². The topological polar surface area (TPSA) is 112 Å². The van der Waals surface area contributed by atoms with Crippen LogP contribution < -0.4 is 10.9 Å². The summed E-state index contributed by atoms with van der Waals surface area (Å²) in [7, 11) is 1.73. The van der Waals surface area contributed by atoms with Gasteiger partial charge in [-0.05, 0) is 17.7 Å². The van der Waals surface area contributed by atoms with Gasteiger partial charge >= 0.3 is 0 Å². The molecule has 0 aliphatic rings. The number of aryl methyl sites for hydroxylation is 1. The van der Waals surface area contributed by atoms with E-state index >= 15 is 0 Å². The molecule has 0 aliphatic carbocycles. The molecule has 1 amide bonds. The summed E-state index contributed by atoms with van der Waals surface area (Å²) in [4.78, 5) is 38.9. The Morgan fingerprint density at radius 2 is 2.14 bits per heavy atom. The van der Waals surface area contributed by atoms with Crippen LogP contribution in [0.5, 0.6) is 0 Å². The van der Waals surface area contributed by atoms with Crippen molar-refractivity contribution in [2.45, 2.75) is 12.6 Å². The van der Waals surface area contributed by atoms with Crippen LogP contribution in [0.3, 0.4) is 0 Å². The first-order chi connectivity index (χ1) is 13.3. The number of aromatic nitrogens is 3. The Morgan fingerprint density at radius 3 is 2.79 bits per heavy atom. The molecular formula is C18H16FN5O4. The lowest BCUT2D eigenvalue weighted by molar-refractivity contribution is -0.385. The summed E-state index contributed by atoms with van der Waals surface area (Å²) >= 11 is 0. The van der Waals surface area contributed by atoms with Crippen molar-refractivity contribution in [2.24, 2.45) is 7.05 Å². The van der Waals surface area contributed by atoms with Crippen LogP contribution in [0.4, 0.5) is 10.1 Å². The highest BCUT2D eigenvalue weighted by Crippen LogP contribution is 2.21. The van der Waals surface area contributed by atoms with Crippen molar-refractivity contribution < 1.29 is 14.1 Å². The summed E-state index contributed by atoms with van der Waals surface area (Å²) in [6.45, 7) is -0.434. The molecule has 10 heteroatoms. The van der Waals surface area contributed by atoms with Gasteiger partial charge in [0.2, 0.25) is 5.91 Å². The minimum atomic E-state index is -0.766. The first-order valence-electron chi connectivity index (χ1n) is 8.22. The van der Waals surface area contributed by atoms with Crippen LogP contribution in [0.1, 0.15) is 17.4 Å². The molecule has 2 aromatic heterocycles. The van der Waals surface area contributed by atoms with Crippen molar-refractivity contribution in [3.8, 4) is 0 Å². The summed E-state index contributed by atoms with van der Waals surface area (Å²) < 4.78 is 16.3. The van der Waals surface area contributed by atoms with Gasteiger partial charge in [-0.15, -0.1) is 0 Å². The van der Waals surface area contributed by atoms with E-state index < -0.39 is 34.8 Å².